The minimum absolute atomic E-state index is 0.105. The summed E-state index contributed by atoms with van der Waals surface area (Å²) in [5, 5.41) is 27.0. The number of thiazole rings is 1. The van der Waals surface area contributed by atoms with Gasteiger partial charge in [0.05, 0.1) is 6.07 Å². The van der Waals surface area contributed by atoms with E-state index >= 15 is 0 Å². The molecular formula is C22H22N6O3S. The van der Waals surface area contributed by atoms with Crippen LogP contribution in [-0.4, -0.2) is 22.9 Å². The number of hydrogen-bond donors (Lipinski definition) is 3. The maximum atomic E-state index is 12.8. The van der Waals surface area contributed by atoms with Gasteiger partial charge in [0.2, 0.25) is 5.91 Å². The molecule has 0 aliphatic heterocycles. The largest absolute Gasteiger partial charge is 0.360 e. The summed E-state index contributed by atoms with van der Waals surface area (Å²) in [4.78, 5) is 37.2. The van der Waals surface area contributed by atoms with Gasteiger partial charge in [-0.05, 0) is 44.9 Å². The van der Waals surface area contributed by atoms with Gasteiger partial charge in [0.15, 0.2) is 5.57 Å². The lowest BCUT2D eigenvalue weighted by atomic mass is 10.1. The number of rotatable bonds is 7. The van der Waals surface area contributed by atoms with Crippen molar-refractivity contribution in [2.75, 3.05) is 17.2 Å². The van der Waals surface area contributed by atoms with E-state index in [1.54, 1.807) is 38.1 Å². The highest BCUT2D eigenvalue weighted by molar-refractivity contribution is 7.07. The first-order chi connectivity index (χ1) is 15.4. The van der Waals surface area contributed by atoms with Crippen LogP contribution in [0, 0.1) is 28.1 Å². The monoisotopic (exact) mass is 450 g/mol. The number of nitrogens with zero attached hydrogens (tertiary/aromatic N) is 3. The maximum Gasteiger partial charge on any atom is 0.270 e. The Labute approximate surface area is 188 Å². The highest BCUT2D eigenvalue weighted by Gasteiger charge is 2.50. The molecule has 1 aliphatic rings. The fourth-order valence-electron chi connectivity index (χ4n) is 3.04. The van der Waals surface area contributed by atoms with Crippen molar-refractivity contribution in [3.05, 3.63) is 43.8 Å². The van der Waals surface area contributed by atoms with Crippen LogP contribution in [0.25, 0.3) is 11.8 Å². The quantitative estimate of drug-likeness (QED) is 0.571. The van der Waals surface area contributed by atoms with Crippen LogP contribution in [0.4, 0.5) is 11.4 Å². The van der Waals surface area contributed by atoms with Gasteiger partial charge in [-0.15, -0.1) is 11.3 Å². The van der Waals surface area contributed by atoms with Crippen molar-refractivity contribution in [3.8, 4) is 12.1 Å². The van der Waals surface area contributed by atoms with Gasteiger partial charge >= 0.3 is 0 Å². The van der Waals surface area contributed by atoms with Crippen molar-refractivity contribution in [2.45, 2.75) is 33.2 Å². The Morgan fingerprint density at radius 3 is 2.56 bits per heavy atom. The Hall–Kier alpha value is -3.89. The molecule has 32 heavy (non-hydrogen) atoms. The zero-order chi connectivity index (χ0) is 23.3. The molecule has 3 N–H and O–H groups in total. The smallest absolute Gasteiger partial charge is 0.270 e. The standard InChI is InChI=1S/C22H22N6O3S/c1-3-25-18(29)16(11-23)20-28(4-2)19(30)17(32-20)12-26-14-6-5-7-15(10-14)27-21(31)22(13-24)8-9-22/h5-7,10,12,26H,3-4,8-9H2,1-2H3,(H,25,29)(H,27,31). The van der Waals surface area contributed by atoms with Crippen LogP contribution in [-0.2, 0) is 16.1 Å². The summed E-state index contributed by atoms with van der Waals surface area (Å²) in [5.74, 6) is -0.841. The summed E-state index contributed by atoms with van der Waals surface area (Å²) in [5.41, 5.74) is -0.190. The second-order valence-corrected chi connectivity index (χ2v) is 8.22. The second kappa shape index (κ2) is 9.50. The van der Waals surface area contributed by atoms with Crippen LogP contribution < -0.4 is 30.7 Å². The third-order valence-corrected chi connectivity index (χ3v) is 6.13. The third-order valence-electron chi connectivity index (χ3n) is 5.00. The predicted octanol–water partition coefficient (Wildman–Crippen LogP) is 0.832. The van der Waals surface area contributed by atoms with E-state index in [1.165, 1.54) is 10.8 Å². The summed E-state index contributed by atoms with van der Waals surface area (Å²) in [6.07, 6.45) is 2.63. The third kappa shape index (κ3) is 4.56. The fourth-order valence-corrected chi connectivity index (χ4v) is 4.12. The van der Waals surface area contributed by atoms with Crippen molar-refractivity contribution < 1.29 is 9.59 Å². The second-order valence-electron chi connectivity index (χ2n) is 7.18. The average molecular weight is 451 g/mol. The van der Waals surface area contributed by atoms with Crippen LogP contribution >= 0.6 is 11.3 Å². The molecular weight excluding hydrogens is 428 g/mol. The first-order valence-corrected chi connectivity index (χ1v) is 10.9. The maximum absolute atomic E-state index is 12.8. The SMILES string of the molecule is CCNC(=O)C(C#N)=c1sc(=CNc2cccc(NC(=O)C3(C#N)CC3)c2)c(=O)n1CC. The molecule has 1 saturated carbocycles. The number of amides is 2. The van der Waals surface area contributed by atoms with Gasteiger partial charge in [-0.2, -0.15) is 10.5 Å². The molecule has 1 aromatic carbocycles. The molecule has 1 aliphatic carbocycles. The lowest BCUT2D eigenvalue weighted by molar-refractivity contribution is -0.119. The van der Waals surface area contributed by atoms with E-state index in [1.807, 2.05) is 6.07 Å². The van der Waals surface area contributed by atoms with Gasteiger partial charge in [0.25, 0.3) is 11.5 Å². The Morgan fingerprint density at radius 2 is 1.97 bits per heavy atom. The van der Waals surface area contributed by atoms with Gasteiger partial charge in [0.1, 0.15) is 20.7 Å². The van der Waals surface area contributed by atoms with Crippen LogP contribution in [0.15, 0.2) is 29.1 Å². The van der Waals surface area contributed by atoms with Crippen molar-refractivity contribution in [1.29, 1.82) is 10.5 Å². The number of carbonyl (C=O) groups is 2. The summed E-state index contributed by atoms with van der Waals surface area (Å²) in [6, 6.07) is 10.9. The molecule has 1 heterocycles. The van der Waals surface area contributed by atoms with Crippen LogP contribution in [0.5, 0.6) is 0 Å². The molecule has 1 fully saturated rings. The van der Waals surface area contributed by atoms with E-state index in [-0.39, 0.29) is 17.0 Å². The van der Waals surface area contributed by atoms with Crippen molar-refractivity contribution >= 4 is 46.3 Å². The predicted molar refractivity (Wildman–Crippen MR) is 122 cm³/mol. The Balaban J connectivity index is 1.91. The van der Waals surface area contributed by atoms with E-state index in [2.05, 4.69) is 22.0 Å². The average Bonchev–Trinajstić information content (AvgIpc) is 3.53. The number of benzene rings is 1. The minimum atomic E-state index is -0.923. The van der Waals surface area contributed by atoms with Crippen molar-refractivity contribution in [1.82, 2.24) is 9.88 Å². The molecule has 0 saturated heterocycles. The van der Waals surface area contributed by atoms with Crippen LogP contribution in [0.2, 0.25) is 0 Å². The van der Waals surface area contributed by atoms with Crippen LogP contribution in [0.1, 0.15) is 26.7 Å². The molecule has 9 nitrogen and oxygen atoms in total. The van der Waals surface area contributed by atoms with E-state index < -0.39 is 11.3 Å². The number of hydrogen-bond acceptors (Lipinski definition) is 7. The lowest BCUT2D eigenvalue weighted by Gasteiger charge is -2.09. The topological polar surface area (TPSA) is 140 Å². The molecule has 2 amide bonds. The van der Waals surface area contributed by atoms with Gasteiger partial charge in [-0.1, -0.05) is 6.07 Å². The Kier molecular flexibility index (Phi) is 6.76. The summed E-state index contributed by atoms with van der Waals surface area (Å²) < 4.78 is 2.01. The number of nitrogens with one attached hydrogen (secondary N) is 3. The lowest BCUT2D eigenvalue weighted by Crippen LogP contribution is -2.34. The van der Waals surface area contributed by atoms with Gasteiger partial charge in [-0.25, -0.2) is 0 Å². The zero-order valence-electron chi connectivity index (χ0n) is 17.7. The summed E-state index contributed by atoms with van der Waals surface area (Å²) >= 11 is 1.05. The first-order valence-electron chi connectivity index (χ1n) is 10.1. The number of nitriles is 2. The molecule has 0 radical (unpaired) electrons. The van der Waals surface area contributed by atoms with E-state index in [4.69, 9.17) is 5.26 Å². The van der Waals surface area contributed by atoms with E-state index in [9.17, 15) is 19.6 Å². The minimum Gasteiger partial charge on any atom is -0.360 e. The Bertz CT molecular complexity index is 1320. The molecule has 0 unspecified atom stereocenters. The summed E-state index contributed by atoms with van der Waals surface area (Å²) in [6.45, 7) is 4.19. The van der Waals surface area contributed by atoms with E-state index in [0.29, 0.717) is 46.5 Å². The molecule has 0 bridgehead atoms. The van der Waals surface area contributed by atoms with Crippen LogP contribution in [0.3, 0.4) is 0 Å². The number of anilines is 2. The van der Waals surface area contributed by atoms with Crippen molar-refractivity contribution in [2.24, 2.45) is 5.41 Å². The highest BCUT2D eigenvalue weighted by Crippen LogP contribution is 2.45. The number of carbonyl (C=O) groups excluding carboxylic acids is 2. The van der Waals surface area contributed by atoms with Gasteiger partial charge < -0.3 is 16.0 Å². The molecule has 1 aromatic heterocycles. The fraction of sp³-hybridized carbons (Fsp3) is 0.318. The molecule has 0 spiro atoms. The molecule has 0 atom stereocenters. The normalized spacial score (nSPS) is 15.2. The molecule has 2 aromatic rings. The van der Waals surface area contributed by atoms with Gasteiger partial charge in [-0.3, -0.25) is 19.0 Å². The molecule has 10 heteroatoms. The van der Waals surface area contributed by atoms with Crippen molar-refractivity contribution in [3.63, 3.8) is 0 Å². The highest BCUT2D eigenvalue weighted by atomic mass is 32.1. The van der Waals surface area contributed by atoms with E-state index in [0.717, 1.165) is 11.3 Å². The van der Waals surface area contributed by atoms with Gasteiger partial charge in [0, 0.05) is 30.7 Å². The first kappa shape index (κ1) is 22.8. The molecule has 3 rings (SSSR count). The summed E-state index contributed by atoms with van der Waals surface area (Å²) in [7, 11) is 0. The zero-order valence-corrected chi connectivity index (χ0v) is 18.5. The molecule has 164 valence electrons. The Morgan fingerprint density at radius 1 is 1.25 bits per heavy atom. The number of aromatic nitrogens is 1.